The van der Waals surface area contributed by atoms with Crippen LogP contribution in [0.5, 0.6) is 0 Å². The second-order valence-corrected chi connectivity index (χ2v) is 5.23. The molecule has 0 fully saturated rings. The molecule has 0 saturated carbocycles. The van der Waals surface area contributed by atoms with Gasteiger partial charge < -0.3 is 9.88 Å². The van der Waals surface area contributed by atoms with Crippen molar-refractivity contribution in [3.05, 3.63) is 59.9 Å². The fraction of sp³-hybridized carbons (Fsp3) is 0.294. The number of amides is 1. The van der Waals surface area contributed by atoms with Gasteiger partial charge in [0.15, 0.2) is 0 Å². The summed E-state index contributed by atoms with van der Waals surface area (Å²) < 4.78 is 1.65. The predicted molar refractivity (Wildman–Crippen MR) is 82.1 cm³/mol. The van der Waals surface area contributed by atoms with Crippen LogP contribution in [0.1, 0.15) is 29.4 Å². The number of hydrogen-bond donors (Lipinski definition) is 1. The van der Waals surface area contributed by atoms with E-state index in [1.54, 1.807) is 29.9 Å². The molecule has 0 spiro atoms. The van der Waals surface area contributed by atoms with Gasteiger partial charge in [-0.25, -0.2) is 0 Å². The second kappa shape index (κ2) is 6.88. The summed E-state index contributed by atoms with van der Waals surface area (Å²) in [5, 5.41) is 2.76. The van der Waals surface area contributed by atoms with Gasteiger partial charge in [0.25, 0.3) is 11.7 Å². The standard InChI is InChI=1S/C17H20N2O2/c1-13(10-11-14-7-4-3-5-8-14)18-17(21)16(20)15-9-6-12-19(15)2/h3-9,12-13H,10-11H2,1-2H3,(H,18,21)/t13-/m0/s1. The summed E-state index contributed by atoms with van der Waals surface area (Å²) in [6.07, 6.45) is 3.43. The molecule has 2 aromatic rings. The van der Waals surface area contributed by atoms with Crippen LogP contribution in [0.3, 0.4) is 0 Å². The molecular formula is C17H20N2O2. The van der Waals surface area contributed by atoms with Gasteiger partial charge >= 0.3 is 0 Å². The first-order valence-corrected chi connectivity index (χ1v) is 7.08. The van der Waals surface area contributed by atoms with E-state index in [0.29, 0.717) is 5.69 Å². The molecule has 4 heteroatoms. The van der Waals surface area contributed by atoms with E-state index in [9.17, 15) is 9.59 Å². The highest BCUT2D eigenvalue weighted by Gasteiger charge is 2.19. The first-order valence-electron chi connectivity index (χ1n) is 7.08. The average molecular weight is 284 g/mol. The Balaban J connectivity index is 1.85. The Hall–Kier alpha value is -2.36. The lowest BCUT2D eigenvalue weighted by Crippen LogP contribution is -2.38. The van der Waals surface area contributed by atoms with Gasteiger partial charge in [-0.3, -0.25) is 9.59 Å². The maximum Gasteiger partial charge on any atom is 0.294 e. The normalized spacial score (nSPS) is 11.9. The van der Waals surface area contributed by atoms with Gasteiger partial charge in [-0.05, 0) is 37.5 Å². The Morgan fingerprint density at radius 2 is 1.86 bits per heavy atom. The van der Waals surface area contributed by atoms with Gasteiger partial charge in [-0.2, -0.15) is 0 Å². The predicted octanol–water partition coefficient (Wildman–Crippen LogP) is 2.35. The third-order valence-electron chi connectivity index (χ3n) is 3.47. The van der Waals surface area contributed by atoms with Crippen molar-refractivity contribution in [1.29, 1.82) is 0 Å². The molecule has 0 aliphatic rings. The zero-order valence-electron chi connectivity index (χ0n) is 12.4. The van der Waals surface area contributed by atoms with Crippen LogP contribution < -0.4 is 5.32 Å². The summed E-state index contributed by atoms with van der Waals surface area (Å²) in [6.45, 7) is 1.92. The van der Waals surface area contributed by atoms with Crippen molar-refractivity contribution < 1.29 is 9.59 Å². The van der Waals surface area contributed by atoms with Gasteiger partial charge in [0.1, 0.15) is 0 Å². The van der Waals surface area contributed by atoms with Crippen molar-refractivity contribution in [3.8, 4) is 0 Å². The Kier molecular flexibility index (Phi) is 4.93. The molecule has 1 heterocycles. The minimum atomic E-state index is -0.544. The van der Waals surface area contributed by atoms with Crippen molar-refractivity contribution in [2.24, 2.45) is 7.05 Å². The van der Waals surface area contributed by atoms with E-state index < -0.39 is 11.7 Å². The summed E-state index contributed by atoms with van der Waals surface area (Å²) in [5.41, 5.74) is 1.63. The summed E-state index contributed by atoms with van der Waals surface area (Å²) in [5.74, 6) is -1.04. The van der Waals surface area contributed by atoms with Crippen molar-refractivity contribution in [2.45, 2.75) is 25.8 Å². The fourth-order valence-corrected chi connectivity index (χ4v) is 2.20. The largest absolute Gasteiger partial charge is 0.348 e. The van der Waals surface area contributed by atoms with E-state index in [1.165, 1.54) is 5.56 Å². The SMILES string of the molecule is C[C@@H](CCc1ccccc1)NC(=O)C(=O)c1cccn1C. The van der Waals surface area contributed by atoms with Crippen LogP contribution in [0.2, 0.25) is 0 Å². The van der Waals surface area contributed by atoms with E-state index >= 15 is 0 Å². The van der Waals surface area contributed by atoms with Crippen LogP contribution in [-0.4, -0.2) is 22.3 Å². The first kappa shape index (κ1) is 15.0. The molecular weight excluding hydrogens is 264 g/mol. The molecule has 4 nitrogen and oxygen atoms in total. The highest BCUT2D eigenvalue weighted by atomic mass is 16.2. The maximum absolute atomic E-state index is 12.0. The summed E-state index contributed by atoms with van der Waals surface area (Å²) in [4.78, 5) is 23.9. The Morgan fingerprint density at radius 1 is 1.14 bits per heavy atom. The van der Waals surface area contributed by atoms with E-state index in [2.05, 4.69) is 17.4 Å². The van der Waals surface area contributed by atoms with Crippen LogP contribution in [0.15, 0.2) is 48.7 Å². The van der Waals surface area contributed by atoms with Crippen LogP contribution in [0.25, 0.3) is 0 Å². The zero-order chi connectivity index (χ0) is 15.2. The van der Waals surface area contributed by atoms with Gasteiger partial charge in [-0.1, -0.05) is 30.3 Å². The van der Waals surface area contributed by atoms with Crippen LogP contribution >= 0.6 is 0 Å². The maximum atomic E-state index is 12.0. The molecule has 1 aromatic heterocycles. The monoisotopic (exact) mass is 284 g/mol. The van der Waals surface area contributed by atoms with Gasteiger partial charge in [0.2, 0.25) is 0 Å². The van der Waals surface area contributed by atoms with Crippen molar-refractivity contribution in [3.63, 3.8) is 0 Å². The smallest absolute Gasteiger partial charge is 0.294 e. The lowest BCUT2D eigenvalue weighted by atomic mass is 10.1. The van der Waals surface area contributed by atoms with Crippen molar-refractivity contribution in [2.75, 3.05) is 0 Å². The Bertz CT molecular complexity index is 617. The number of hydrogen-bond acceptors (Lipinski definition) is 2. The fourth-order valence-electron chi connectivity index (χ4n) is 2.20. The van der Waals surface area contributed by atoms with Gasteiger partial charge in [0.05, 0.1) is 5.69 Å². The molecule has 1 N–H and O–H groups in total. The minimum Gasteiger partial charge on any atom is -0.348 e. The third kappa shape index (κ3) is 4.05. The Labute approximate surface area is 124 Å². The van der Waals surface area contributed by atoms with Crippen LogP contribution in [-0.2, 0) is 18.3 Å². The lowest BCUT2D eigenvalue weighted by Gasteiger charge is -2.13. The summed E-state index contributed by atoms with van der Waals surface area (Å²) in [7, 11) is 1.75. The number of carbonyl (C=O) groups excluding carboxylic acids is 2. The van der Waals surface area contributed by atoms with Gasteiger partial charge in [-0.15, -0.1) is 0 Å². The molecule has 0 bridgehead atoms. The number of Topliss-reactive ketones (excluding diaryl/α,β-unsaturated/α-hetero) is 1. The molecule has 0 saturated heterocycles. The highest BCUT2D eigenvalue weighted by Crippen LogP contribution is 2.06. The topological polar surface area (TPSA) is 51.1 Å². The molecule has 1 atom stereocenters. The van der Waals surface area contributed by atoms with Gasteiger partial charge in [0, 0.05) is 19.3 Å². The summed E-state index contributed by atoms with van der Waals surface area (Å²) in [6, 6.07) is 13.5. The molecule has 0 unspecified atom stereocenters. The number of carbonyl (C=O) groups is 2. The third-order valence-corrected chi connectivity index (χ3v) is 3.47. The van der Waals surface area contributed by atoms with Crippen molar-refractivity contribution in [1.82, 2.24) is 9.88 Å². The van der Waals surface area contributed by atoms with E-state index in [4.69, 9.17) is 0 Å². The molecule has 2 rings (SSSR count). The van der Waals surface area contributed by atoms with Crippen LogP contribution in [0, 0.1) is 0 Å². The van der Waals surface area contributed by atoms with E-state index in [-0.39, 0.29) is 6.04 Å². The number of aryl methyl sites for hydroxylation is 2. The molecule has 0 radical (unpaired) electrons. The highest BCUT2D eigenvalue weighted by molar-refractivity contribution is 6.42. The molecule has 110 valence electrons. The number of nitrogens with one attached hydrogen (secondary N) is 1. The Morgan fingerprint density at radius 3 is 2.48 bits per heavy atom. The quantitative estimate of drug-likeness (QED) is 0.654. The number of rotatable bonds is 6. The lowest BCUT2D eigenvalue weighted by molar-refractivity contribution is -0.117. The van der Waals surface area contributed by atoms with Crippen molar-refractivity contribution >= 4 is 11.7 Å². The molecule has 0 aliphatic heterocycles. The number of ketones is 1. The van der Waals surface area contributed by atoms with E-state index in [0.717, 1.165) is 12.8 Å². The number of benzene rings is 1. The molecule has 1 aromatic carbocycles. The van der Waals surface area contributed by atoms with E-state index in [1.807, 2.05) is 25.1 Å². The number of nitrogens with zero attached hydrogens (tertiary/aromatic N) is 1. The zero-order valence-corrected chi connectivity index (χ0v) is 12.4. The second-order valence-electron chi connectivity index (χ2n) is 5.23. The number of aromatic nitrogens is 1. The average Bonchev–Trinajstić information content (AvgIpc) is 2.91. The minimum absolute atomic E-state index is 0.0399. The molecule has 1 amide bonds. The van der Waals surface area contributed by atoms with Crippen LogP contribution in [0.4, 0.5) is 0 Å². The molecule has 21 heavy (non-hydrogen) atoms. The first-order chi connectivity index (χ1) is 10.1. The molecule has 0 aliphatic carbocycles. The summed E-state index contributed by atoms with van der Waals surface area (Å²) >= 11 is 0.